The van der Waals surface area contributed by atoms with Crippen molar-refractivity contribution in [3.63, 3.8) is 0 Å². The number of hydrogen-bond acceptors (Lipinski definition) is 2. The lowest BCUT2D eigenvalue weighted by molar-refractivity contribution is 0.174. The predicted octanol–water partition coefficient (Wildman–Crippen LogP) is 3.88. The van der Waals surface area contributed by atoms with Gasteiger partial charge in [-0.3, -0.25) is 0 Å². The summed E-state index contributed by atoms with van der Waals surface area (Å²) in [4.78, 5) is 0.425. The van der Waals surface area contributed by atoms with Crippen LogP contribution in [0.4, 0.5) is 0 Å². The lowest BCUT2D eigenvalue weighted by Gasteiger charge is -2.09. The molecule has 0 bridgehead atoms. The summed E-state index contributed by atoms with van der Waals surface area (Å²) >= 11 is 10.6. The molecule has 0 amide bonds. The van der Waals surface area contributed by atoms with Crippen LogP contribution in [0.15, 0.2) is 16.6 Å². The fourth-order valence-electron chi connectivity index (χ4n) is 1.41. The van der Waals surface area contributed by atoms with Crippen molar-refractivity contribution in [2.75, 3.05) is 12.1 Å². The Morgan fingerprint density at radius 3 is 2.60 bits per heavy atom. The molecular formula is C10H9Br3O2. The minimum Gasteiger partial charge on any atom is -0.454 e. The Balaban J connectivity index is 2.24. The van der Waals surface area contributed by atoms with Gasteiger partial charge in [-0.15, -0.1) is 0 Å². The van der Waals surface area contributed by atoms with Crippen molar-refractivity contribution < 1.29 is 9.47 Å². The largest absolute Gasteiger partial charge is 0.454 e. The van der Waals surface area contributed by atoms with Crippen LogP contribution in [-0.2, 0) is 6.42 Å². The molecule has 0 saturated heterocycles. The standard InChI is InChI=1S/C10H9Br3O2/c11-4-7(12)1-6-2-9-10(3-8(6)13)15-5-14-9/h2-3,7H,1,4-5H2. The van der Waals surface area contributed by atoms with E-state index in [4.69, 9.17) is 9.47 Å². The van der Waals surface area contributed by atoms with Crippen molar-refractivity contribution in [3.8, 4) is 11.5 Å². The zero-order chi connectivity index (χ0) is 10.8. The lowest BCUT2D eigenvalue weighted by atomic mass is 10.1. The Hall–Kier alpha value is 0.260. The monoisotopic (exact) mass is 398 g/mol. The quantitative estimate of drug-likeness (QED) is 0.717. The molecule has 1 unspecified atom stereocenters. The van der Waals surface area contributed by atoms with E-state index in [1.165, 1.54) is 5.56 Å². The van der Waals surface area contributed by atoms with Gasteiger partial charge < -0.3 is 9.47 Å². The van der Waals surface area contributed by atoms with Crippen molar-refractivity contribution in [3.05, 3.63) is 22.2 Å². The molecular weight excluding hydrogens is 392 g/mol. The highest BCUT2D eigenvalue weighted by atomic mass is 79.9. The molecule has 1 aliphatic rings. The molecule has 15 heavy (non-hydrogen) atoms. The predicted molar refractivity (Wildman–Crippen MR) is 70.5 cm³/mol. The second-order valence-electron chi connectivity index (χ2n) is 3.25. The summed E-state index contributed by atoms with van der Waals surface area (Å²) in [5, 5.41) is 0.924. The highest BCUT2D eigenvalue weighted by molar-refractivity contribution is 9.12. The van der Waals surface area contributed by atoms with Crippen LogP contribution in [0.1, 0.15) is 5.56 Å². The third-order valence-corrected chi connectivity index (χ3v) is 5.19. The number of hydrogen-bond donors (Lipinski definition) is 0. The van der Waals surface area contributed by atoms with E-state index in [2.05, 4.69) is 47.8 Å². The fraction of sp³-hybridized carbons (Fsp3) is 0.400. The van der Waals surface area contributed by atoms with Crippen LogP contribution in [0.3, 0.4) is 0 Å². The fourth-order valence-corrected chi connectivity index (χ4v) is 2.47. The van der Waals surface area contributed by atoms with E-state index in [0.29, 0.717) is 11.6 Å². The molecule has 1 heterocycles. The molecule has 1 aliphatic heterocycles. The Morgan fingerprint density at radius 2 is 1.93 bits per heavy atom. The Morgan fingerprint density at radius 1 is 1.27 bits per heavy atom. The second-order valence-corrected chi connectivity index (χ2v) is 6.05. The van der Waals surface area contributed by atoms with Crippen molar-refractivity contribution in [1.82, 2.24) is 0 Å². The van der Waals surface area contributed by atoms with Crippen LogP contribution in [0.5, 0.6) is 11.5 Å². The van der Waals surface area contributed by atoms with Crippen LogP contribution >= 0.6 is 47.8 Å². The zero-order valence-electron chi connectivity index (χ0n) is 7.80. The minimum absolute atomic E-state index is 0.321. The lowest BCUT2D eigenvalue weighted by Crippen LogP contribution is -2.04. The first-order valence-electron chi connectivity index (χ1n) is 4.48. The van der Waals surface area contributed by atoms with Crippen LogP contribution in [0.25, 0.3) is 0 Å². The number of ether oxygens (including phenoxy) is 2. The maximum absolute atomic E-state index is 5.34. The van der Waals surface area contributed by atoms with Gasteiger partial charge in [-0.05, 0) is 24.1 Å². The topological polar surface area (TPSA) is 18.5 Å². The average Bonchev–Trinajstić information content (AvgIpc) is 2.65. The van der Waals surface area contributed by atoms with Crippen LogP contribution in [0.2, 0.25) is 0 Å². The highest BCUT2D eigenvalue weighted by Gasteiger charge is 2.17. The molecule has 0 fully saturated rings. The van der Waals surface area contributed by atoms with Crippen molar-refractivity contribution in [1.29, 1.82) is 0 Å². The summed E-state index contributed by atoms with van der Waals surface area (Å²) in [5.74, 6) is 1.65. The number of alkyl halides is 2. The van der Waals surface area contributed by atoms with E-state index in [1.54, 1.807) is 0 Å². The number of rotatable bonds is 3. The highest BCUT2D eigenvalue weighted by Crippen LogP contribution is 2.37. The molecule has 0 aromatic heterocycles. The van der Waals surface area contributed by atoms with Gasteiger partial charge >= 0.3 is 0 Å². The SMILES string of the molecule is BrCC(Br)Cc1cc2c(cc1Br)OCO2. The van der Waals surface area contributed by atoms with E-state index in [1.807, 2.05) is 12.1 Å². The van der Waals surface area contributed by atoms with Gasteiger partial charge in [0, 0.05) is 14.6 Å². The smallest absolute Gasteiger partial charge is 0.231 e. The third-order valence-electron chi connectivity index (χ3n) is 2.15. The van der Waals surface area contributed by atoms with Gasteiger partial charge in [-0.25, -0.2) is 0 Å². The van der Waals surface area contributed by atoms with Gasteiger partial charge in [0.1, 0.15) is 0 Å². The molecule has 1 aromatic rings. The number of benzene rings is 1. The minimum atomic E-state index is 0.321. The summed E-state index contributed by atoms with van der Waals surface area (Å²) in [6.07, 6.45) is 0.947. The molecule has 0 saturated carbocycles. The molecule has 0 radical (unpaired) electrons. The second kappa shape index (κ2) is 5.06. The summed E-state index contributed by atoms with van der Waals surface area (Å²) in [6, 6.07) is 3.99. The normalized spacial score (nSPS) is 15.4. The van der Waals surface area contributed by atoms with E-state index in [-0.39, 0.29) is 0 Å². The molecule has 0 spiro atoms. The number of fused-ring (bicyclic) bond motifs is 1. The Kier molecular flexibility index (Phi) is 3.96. The third kappa shape index (κ3) is 2.68. The van der Waals surface area contributed by atoms with Gasteiger partial charge in [0.2, 0.25) is 6.79 Å². The molecule has 0 aliphatic carbocycles. The van der Waals surface area contributed by atoms with E-state index < -0.39 is 0 Å². The zero-order valence-corrected chi connectivity index (χ0v) is 12.6. The summed E-state index contributed by atoms with van der Waals surface area (Å²) in [7, 11) is 0. The van der Waals surface area contributed by atoms with Crippen molar-refractivity contribution in [2.45, 2.75) is 11.2 Å². The average molecular weight is 401 g/mol. The van der Waals surface area contributed by atoms with Crippen molar-refractivity contribution in [2.24, 2.45) is 0 Å². The summed E-state index contributed by atoms with van der Waals surface area (Å²) in [6.45, 7) is 0.321. The van der Waals surface area contributed by atoms with Crippen LogP contribution in [-0.4, -0.2) is 17.0 Å². The molecule has 5 heteroatoms. The van der Waals surface area contributed by atoms with Gasteiger partial charge in [-0.1, -0.05) is 47.8 Å². The molecule has 0 N–H and O–H groups in total. The van der Waals surface area contributed by atoms with Gasteiger partial charge in [-0.2, -0.15) is 0 Å². The van der Waals surface area contributed by atoms with Gasteiger partial charge in [0.05, 0.1) is 0 Å². The number of halogens is 3. The molecule has 2 nitrogen and oxygen atoms in total. The summed E-state index contributed by atoms with van der Waals surface area (Å²) in [5.41, 5.74) is 1.22. The van der Waals surface area contributed by atoms with Crippen molar-refractivity contribution >= 4 is 47.8 Å². The van der Waals surface area contributed by atoms with Gasteiger partial charge in [0.25, 0.3) is 0 Å². The molecule has 1 aromatic carbocycles. The summed E-state index contributed by atoms with van der Waals surface area (Å²) < 4.78 is 11.7. The van der Waals surface area contributed by atoms with Gasteiger partial charge in [0.15, 0.2) is 11.5 Å². The molecule has 1 atom stereocenters. The maximum Gasteiger partial charge on any atom is 0.231 e. The van der Waals surface area contributed by atoms with Crippen LogP contribution < -0.4 is 9.47 Å². The van der Waals surface area contributed by atoms with E-state index >= 15 is 0 Å². The van der Waals surface area contributed by atoms with E-state index in [9.17, 15) is 0 Å². The maximum atomic E-state index is 5.34. The Bertz CT molecular complexity index is 368. The first-order valence-corrected chi connectivity index (χ1v) is 7.31. The molecule has 82 valence electrons. The molecule has 2 rings (SSSR count). The van der Waals surface area contributed by atoms with Crippen LogP contribution in [0, 0.1) is 0 Å². The Labute approximate surface area is 114 Å². The van der Waals surface area contributed by atoms with E-state index in [0.717, 1.165) is 27.7 Å². The first kappa shape index (κ1) is 11.7. The first-order chi connectivity index (χ1) is 7.20.